The van der Waals surface area contributed by atoms with Gasteiger partial charge in [-0.2, -0.15) is 0 Å². The van der Waals surface area contributed by atoms with Crippen molar-refractivity contribution in [1.29, 1.82) is 0 Å². The molecule has 0 aliphatic heterocycles. The summed E-state index contributed by atoms with van der Waals surface area (Å²) in [7, 11) is 0. The number of hydrogen-bond acceptors (Lipinski definition) is 6. The van der Waals surface area contributed by atoms with E-state index in [9.17, 15) is 18.0 Å². The normalized spacial score (nSPS) is 10.7. The summed E-state index contributed by atoms with van der Waals surface area (Å²) in [5, 5.41) is 10.2. The maximum Gasteiger partial charge on any atom is 0.234 e. The Kier molecular flexibility index (Phi) is 5.07. The summed E-state index contributed by atoms with van der Waals surface area (Å²) in [6.45, 7) is 0. The molecule has 0 radical (unpaired) electrons. The van der Waals surface area contributed by atoms with Crippen molar-refractivity contribution in [2.45, 2.75) is 5.16 Å². The molecule has 0 saturated heterocycles. The lowest BCUT2D eigenvalue weighted by Crippen LogP contribution is -2.17. The minimum atomic E-state index is -1.65. The van der Waals surface area contributed by atoms with Gasteiger partial charge in [-0.05, 0) is 24.3 Å². The SMILES string of the molecule is Nn1c(SCC(=O)Nc2ccc(F)c(F)c2F)nnc1-c1cccnc1. The van der Waals surface area contributed by atoms with Gasteiger partial charge in [0, 0.05) is 18.0 Å². The van der Waals surface area contributed by atoms with Gasteiger partial charge in [-0.1, -0.05) is 11.8 Å². The van der Waals surface area contributed by atoms with Crippen LogP contribution in [-0.2, 0) is 4.79 Å². The van der Waals surface area contributed by atoms with Gasteiger partial charge in [-0.3, -0.25) is 9.78 Å². The van der Waals surface area contributed by atoms with E-state index in [2.05, 4.69) is 20.5 Å². The number of benzene rings is 1. The van der Waals surface area contributed by atoms with Gasteiger partial charge in [0.1, 0.15) is 0 Å². The zero-order chi connectivity index (χ0) is 18.7. The second-order valence-corrected chi connectivity index (χ2v) is 5.92. The predicted octanol–water partition coefficient (Wildman–Crippen LogP) is 2.20. The molecule has 0 saturated carbocycles. The standard InChI is InChI=1S/C15H11F3N6OS/c16-9-3-4-10(13(18)12(9)17)21-11(25)7-26-15-23-22-14(24(15)19)8-2-1-5-20-6-8/h1-6H,7,19H2,(H,21,25). The molecule has 2 aromatic heterocycles. The molecule has 0 aliphatic rings. The highest BCUT2D eigenvalue weighted by Gasteiger charge is 2.17. The summed E-state index contributed by atoms with van der Waals surface area (Å²) in [6, 6.07) is 5.11. The molecular formula is C15H11F3N6OS. The number of nitrogens with one attached hydrogen (secondary N) is 1. The summed E-state index contributed by atoms with van der Waals surface area (Å²) in [4.78, 5) is 15.9. The van der Waals surface area contributed by atoms with Crippen LogP contribution in [0.5, 0.6) is 0 Å². The van der Waals surface area contributed by atoms with E-state index in [0.717, 1.165) is 23.9 Å². The zero-order valence-corrected chi connectivity index (χ0v) is 13.8. The van der Waals surface area contributed by atoms with Crippen molar-refractivity contribution in [2.75, 3.05) is 16.9 Å². The molecule has 2 heterocycles. The number of carbonyl (C=O) groups excluding carboxylic acids is 1. The van der Waals surface area contributed by atoms with Crippen LogP contribution in [0.1, 0.15) is 0 Å². The Balaban J connectivity index is 1.66. The molecule has 11 heteroatoms. The van der Waals surface area contributed by atoms with Crippen molar-refractivity contribution in [3.05, 3.63) is 54.1 Å². The maximum absolute atomic E-state index is 13.6. The van der Waals surface area contributed by atoms with E-state index in [1.54, 1.807) is 24.5 Å². The molecule has 0 aliphatic carbocycles. The average molecular weight is 380 g/mol. The van der Waals surface area contributed by atoms with Crippen molar-refractivity contribution >= 4 is 23.4 Å². The van der Waals surface area contributed by atoms with Crippen LogP contribution in [0, 0.1) is 17.5 Å². The van der Waals surface area contributed by atoms with Crippen LogP contribution in [-0.4, -0.2) is 31.5 Å². The topological polar surface area (TPSA) is 98.7 Å². The van der Waals surface area contributed by atoms with Crippen LogP contribution in [0.15, 0.2) is 41.8 Å². The maximum atomic E-state index is 13.6. The highest BCUT2D eigenvalue weighted by molar-refractivity contribution is 7.99. The molecule has 3 rings (SSSR count). The number of pyridine rings is 1. The number of nitrogens with zero attached hydrogens (tertiary/aromatic N) is 4. The number of hydrogen-bond donors (Lipinski definition) is 2. The lowest BCUT2D eigenvalue weighted by Gasteiger charge is -2.07. The van der Waals surface area contributed by atoms with Gasteiger partial charge in [0.15, 0.2) is 23.3 Å². The van der Waals surface area contributed by atoms with E-state index >= 15 is 0 Å². The number of nitrogen functional groups attached to an aromatic ring is 1. The molecule has 26 heavy (non-hydrogen) atoms. The first-order valence-electron chi connectivity index (χ1n) is 7.14. The Labute approximate surface area is 149 Å². The molecule has 0 unspecified atom stereocenters. The molecule has 1 aromatic carbocycles. The molecule has 3 N–H and O–H groups in total. The average Bonchev–Trinajstić information content (AvgIpc) is 3.02. The highest BCUT2D eigenvalue weighted by Crippen LogP contribution is 2.22. The number of anilines is 1. The van der Waals surface area contributed by atoms with E-state index in [4.69, 9.17) is 5.84 Å². The van der Waals surface area contributed by atoms with Gasteiger partial charge >= 0.3 is 0 Å². The van der Waals surface area contributed by atoms with Crippen LogP contribution in [0.4, 0.5) is 18.9 Å². The van der Waals surface area contributed by atoms with E-state index < -0.39 is 29.0 Å². The summed E-state index contributed by atoms with van der Waals surface area (Å²) in [6.07, 6.45) is 3.15. The van der Waals surface area contributed by atoms with Crippen LogP contribution in [0.3, 0.4) is 0 Å². The van der Waals surface area contributed by atoms with E-state index in [-0.39, 0.29) is 10.9 Å². The van der Waals surface area contributed by atoms with Crippen molar-refractivity contribution in [2.24, 2.45) is 0 Å². The number of rotatable bonds is 5. The van der Waals surface area contributed by atoms with Crippen molar-refractivity contribution in [3.63, 3.8) is 0 Å². The van der Waals surface area contributed by atoms with E-state index in [1.165, 1.54) is 4.68 Å². The summed E-state index contributed by atoms with van der Waals surface area (Å²) >= 11 is 0.945. The number of nitrogens with two attached hydrogens (primary N) is 1. The minimum absolute atomic E-state index is 0.194. The van der Waals surface area contributed by atoms with Crippen molar-refractivity contribution in [3.8, 4) is 11.4 Å². The monoisotopic (exact) mass is 380 g/mol. The Morgan fingerprint density at radius 3 is 2.73 bits per heavy atom. The second kappa shape index (κ2) is 7.44. The van der Waals surface area contributed by atoms with Crippen LogP contribution >= 0.6 is 11.8 Å². The fourth-order valence-corrected chi connectivity index (χ4v) is 2.66. The summed E-state index contributed by atoms with van der Waals surface area (Å²) in [5.41, 5.74) is 0.183. The highest BCUT2D eigenvalue weighted by atomic mass is 32.2. The van der Waals surface area contributed by atoms with Gasteiger partial charge in [-0.25, -0.2) is 17.8 Å². The summed E-state index contributed by atoms with van der Waals surface area (Å²) in [5.74, 6) is 0.947. The number of amides is 1. The smallest absolute Gasteiger partial charge is 0.234 e. The molecule has 0 spiro atoms. The predicted molar refractivity (Wildman–Crippen MR) is 89.1 cm³/mol. The van der Waals surface area contributed by atoms with Crippen LogP contribution < -0.4 is 11.2 Å². The lowest BCUT2D eigenvalue weighted by molar-refractivity contribution is -0.113. The number of aromatic nitrogens is 4. The number of halogens is 3. The van der Waals surface area contributed by atoms with Gasteiger partial charge < -0.3 is 11.2 Å². The number of thioether (sulfide) groups is 1. The van der Waals surface area contributed by atoms with E-state index in [0.29, 0.717) is 11.4 Å². The fourth-order valence-electron chi connectivity index (χ4n) is 2.01. The summed E-state index contributed by atoms with van der Waals surface area (Å²) < 4.78 is 40.8. The molecule has 3 aromatic rings. The first-order valence-corrected chi connectivity index (χ1v) is 8.13. The molecule has 134 valence electrons. The van der Waals surface area contributed by atoms with Crippen molar-refractivity contribution < 1.29 is 18.0 Å². The third-order valence-corrected chi connectivity index (χ3v) is 4.17. The molecule has 0 fully saturated rings. The largest absolute Gasteiger partial charge is 0.335 e. The van der Waals surface area contributed by atoms with Crippen LogP contribution in [0.25, 0.3) is 11.4 Å². The molecular weight excluding hydrogens is 369 g/mol. The molecule has 7 nitrogen and oxygen atoms in total. The van der Waals surface area contributed by atoms with Gasteiger partial charge in [-0.15, -0.1) is 10.2 Å². The van der Waals surface area contributed by atoms with Gasteiger partial charge in [0.05, 0.1) is 11.4 Å². The zero-order valence-electron chi connectivity index (χ0n) is 13.0. The fraction of sp³-hybridized carbons (Fsp3) is 0.0667. The minimum Gasteiger partial charge on any atom is -0.335 e. The van der Waals surface area contributed by atoms with Gasteiger partial charge in [0.2, 0.25) is 11.1 Å². The quantitative estimate of drug-likeness (QED) is 0.400. The Hall–Kier alpha value is -3.08. The Morgan fingerprint density at radius 1 is 1.19 bits per heavy atom. The molecule has 1 amide bonds. The first kappa shape index (κ1) is 17.7. The van der Waals surface area contributed by atoms with E-state index in [1.807, 2.05) is 0 Å². The third kappa shape index (κ3) is 3.61. The van der Waals surface area contributed by atoms with Gasteiger partial charge in [0.25, 0.3) is 0 Å². The lowest BCUT2D eigenvalue weighted by atomic mass is 10.3. The van der Waals surface area contributed by atoms with Crippen LogP contribution in [0.2, 0.25) is 0 Å². The van der Waals surface area contributed by atoms with Crippen molar-refractivity contribution in [1.82, 2.24) is 19.9 Å². The number of carbonyl (C=O) groups is 1. The molecule has 0 bridgehead atoms. The first-order chi connectivity index (χ1) is 12.5. The Morgan fingerprint density at radius 2 is 2.00 bits per heavy atom. The second-order valence-electron chi connectivity index (χ2n) is 4.98. The third-order valence-electron chi connectivity index (χ3n) is 3.23. The molecule has 0 atom stereocenters. The Bertz CT molecular complexity index is 950.